The zero-order valence-corrected chi connectivity index (χ0v) is 13.6. The van der Waals surface area contributed by atoms with Gasteiger partial charge < -0.3 is 9.73 Å². The first-order valence-corrected chi connectivity index (χ1v) is 8.65. The highest BCUT2D eigenvalue weighted by Crippen LogP contribution is 2.28. The Hall–Kier alpha value is -1.75. The van der Waals surface area contributed by atoms with Gasteiger partial charge in [0.1, 0.15) is 11.5 Å². The molecule has 1 aromatic carbocycles. The van der Waals surface area contributed by atoms with Crippen molar-refractivity contribution in [3.8, 4) is 0 Å². The standard InChI is InChI=1S/C16H21NO3S/c1-5-21(18,19)16-9-7-6-8-15(16)17-12(3)14-10-11(2)20-13(14)4/h6-10,12,17H,5H2,1-4H3. The molecule has 0 aliphatic rings. The molecule has 0 spiro atoms. The van der Waals surface area contributed by atoms with Gasteiger partial charge >= 0.3 is 0 Å². The van der Waals surface area contributed by atoms with Crippen LogP contribution in [0.15, 0.2) is 39.6 Å². The molecule has 0 radical (unpaired) electrons. The van der Waals surface area contributed by atoms with E-state index < -0.39 is 9.84 Å². The minimum absolute atomic E-state index is 0.0318. The summed E-state index contributed by atoms with van der Waals surface area (Å²) in [6, 6.07) is 8.95. The second-order valence-corrected chi connectivity index (χ2v) is 7.38. The Labute approximate surface area is 126 Å². The molecule has 2 rings (SSSR count). The van der Waals surface area contributed by atoms with E-state index in [-0.39, 0.29) is 11.8 Å². The number of hydrogen-bond donors (Lipinski definition) is 1. The van der Waals surface area contributed by atoms with Gasteiger partial charge in [-0.3, -0.25) is 0 Å². The number of anilines is 1. The van der Waals surface area contributed by atoms with Crippen molar-refractivity contribution in [3.63, 3.8) is 0 Å². The van der Waals surface area contributed by atoms with Crippen LogP contribution in [0.4, 0.5) is 5.69 Å². The average Bonchev–Trinajstić information content (AvgIpc) is 2.78. The van der Waals surface area contributed by atoms with Crippen LogP contribution in [0.25, 0.3) is 0 Å². The first kappa shape index (κ1) is 15.6. The number of sulfone groups is 1. The van der Waals surface area contributed by atoms with Crippen molar-refractivity contribution >= 4 is 15.5 Å². The van der Waals surface area contributed by atoms with Gasteiger partial charge in [0.05, 0.1) is 22.4 Å². The third-order valence-corrected chi connectivity index (χ3v) is 5.31. The summed E-state index contributed by atoms with van der Waals surface area (Å²) in [7, 11) is -3.25. The number of hydrogen-bond acceptors (Lipinski definition) is 4. The maximum absolute atomic E-state index is 12.2. The maximum Gasteiger partial charge on any atom is 0.180 e. The van der Waals surface area contributed by atoms with Crippen LogP contribution < -0.4 is 5.32 Å². The highest BCUT2D eigenvalue weighted by molar-refractivity contribution is 7.91. The minimum atomic E-state index is -3.25. The van der Waals surface area contributed by atoms with Crippen molar-refractivity contribution in [2.24, 2.45) is 0 Å². The summed E-state index contributed by atoms with van der Waals surface area (Å²) in [5.74, 6) is 1.79. The average molecular weight is 307 g/mol. The van der Waals surface area contributed by atoms with E-state index in [0.717, 1.165) is 17.1 Å². The van der Waals surface area contributed by atoms with E-state index in [9.17, 15) is 8.42 Å². The van der Waals surface area contributed by atoms with Crippen LogP contribution in [0, 0.1) is 13.8 Å². The largest absolute Gasteiger partial charge is 0.466 e. The van der Waals surface area contributed by atoms with E-state index in [4.69, 9.17) is 4.42 Å². The Kier molecular flexibility index (Phi) is 4.42. The molecule has 21 heavy (non-hydrogen) atoms. The smallest absolute Gasteiger partial charge is 0.180 e. The summed E-state index contributed by atoms with van der Waals surface area (Å²) in [4.78, 5) is 0.345. The van der Waals surface area contributed by atoms with E-state index in [1.54, 1.807) is 25.1 Å². The summed E-state index contributed by atoms with van der Waals surface area (Å²) in [5.41, 5.74) is 1.67. The number of nitrogens with one attached hydrogen (secondary N) is 1. The molecule has 0 aliphatic heterocycles. The molecule has 0 bridgehead atoms. The molecule has 2 aromatic rings. The molecular formula is C16H21NO3S. The van der Waals surface area contributed by atoms with Gasteiger partial charge in [-0.2, -0.15) is 0 Å². The lowest BCUT2D eigenvalue weighted by atomic mass is 10.1. The number of benzene rings is 1. The van der Waals surface area contributed by atoms with E-state index >= 15 is 0 Å². The quantitative estimate of drug-likeness (QED) is 0.911. The molecule has 0 saturated heterocycles. The summed E-state index contributed by atoms with van der Waals surface area (Å²) >= 11 is 0. The van der Waals surface area contributed by atoms with Crippen LogP contribution in [0.1, 0.15) is 37.0 Å². The van der Waals surface area contributed by atoms with Crippen molar-refractivity contribution in [2.75, 3.05) is 11.1 Å². The van der Waals surface area contributed by atoms with Crippen LogP contribution >= 0.6 is 0 Å². The Morgan fingerprint density at radius 3 is 2.48 bits per heavy atom. The fourth-order valence-corrected chi connectivity index (χ4v) is 3.46. The van der Waals surface area contributed by atoms with Crippen molar-refractivity contribution in [1.82, 2.24) is 0 Å². The highest BCUT2D eigenvalue weighted by atomic mass is 32.2. The van der Waals surface area contributed by atoms with Gasteiger partial charge in [0.15, 0.2) is 9.84 Å². The lowest BCUT2D eigenvalue weighted by Crippen LogP contribution is -2.12. The molecule has 1 atom stereocenters. The predicted molar refractivity (Wildman–Crippen MR) is 84.4 cm³/mol. The zero-order valence-electron chi connectivity index (χ0n) is 12.8. The minimum Gasteiger partial charge on any atom is -0.466 e. The van der Waals surface area contributed by atoms with Gasteiger partial charge in [0.25, 0.3) is 0 Å². The number of furan rings is 1. The SMILES string of the molecule is CCS(=O)(=O)c1ccccc1NC(C)c1cc(C)oc1C. The Morgan fingerprint density at radius 1 is 1.24 bits per heavy atom. The van der Waals surface area contributed by atoms with Gasteiger partial charge in [-0.25, -0.2) is 8.42 Å². The van der Waals surface area contributed by atoms with E-state index in [1.807, 2.05) is 32.9 Å². The third-order valence-electron chi connectivity index (χ3n) is 3.52. The third kappa shape index (κ3) is 3.29. The first-order chi connectivity index (χ1) is 9.85. The molecule has 0 saturated carbocycles. The molecule has 1 N–H and O–H groups in total. The molecule has 0 aliphatic carbocycles. The summed E-state index contributed by atoms with van der Waals surface area (Å²) < 4.78 is 29.8. The van der Waals surface area contributed by atoms with Gasteiger partial charge in [-0.1, -0.05) is 19.1 Å². The summed E-state index contributed by atoms with van der Waals surface area (Å²) in [5, 5.41) is 3.28. The molecular weight excluding hydrogens is 286 g/mol. The second-order valence-electron chi connectivity index (χ2n) is 5.13. The molecule has 0 fully saturated rings. The summed E-state index contributed by atoms with van der Waals surface area (Å²) in [6.07, 6.45) is 0. The lowest BCUT2D eigenvalue weighted by molar-refractivity contribution is 0.500. The van der Waals surface area contributed by atoms with Crippen LogP contribution in [0.5, 0.6) is 0 Å². The highest BCUT2D eigenvalue weighted by Gasteiger charge is 2.19. The molecule has 1 aromatic heterocycles. The second kappa shape index (κ2) is 5.93. The number of para-hydroxylation sites is 1. The van der Waals surface area contributed by atoms with Crippen molar-refractivity contribution in [3.05, 3.63) is 47.4 Å². The molecule has 1 unspecified atom stereocenters. The van der Waals surface area contributed by atoms with Crippen molar-refractivity contribution < 1.29 is 12.8 Å². The molecule has 0 amide bonds. The lowest BCUT2D eigenvalue weighted by Gasteiger charge is -2.17. The van der Waals surface area contributed by atoms with Crippen LogP contribution in [-0.4, -0.2) is 14.2 Å². The zero-order chi connectivity index (χ0) is 15.6. The normalized spacial score (nSPS) is 13.1. The van der Waals surface area contributed by atoms with Gasteiger partial charge in [-0.05, 0) is 39.0 Å². The van der Waals surface area contributed by atoms with Gasteiger partial charge in [0.2, 0.25) is 0 Å². The van der Waals surface area contributed by atoms with E-state index in [0.29, 0.717) is 10.6 Å². The summed E-state index contributed by atoms with van der Waals surface area (Å²) in [6.45, 7) is 7.46. The Morgan fingerprint density at radius 2 is 1.90 bits per heavy atom. The van der Waals surface area contributed by atoms with E-state index in [1.165, 1.54) is 0 Å². The van der Waals surface area contributed by atoms with Crippen LogP contribution in [0.2, 0.25) is 0 Å². The molecule has 4 nitrogen and oxygen atoms in total. The van der Waals surface area contributed by atoms with E-state index in [2.05, 4.69) is 5.32 Å². The number of rotatable bonds is 5. The van der Waals surface area contributed by atoms with Crippen molar-refractivity contribution in [1.29, 1.82) is 0 Å². The fraction of sp³-hybridized carbons (Fsp3) is 0.375. The van der Waals surface area contributed by atoms with Crippen molar-refractivity contribution in [2.45, 2.75) is 38.6 Å². The Balaban J connectivity index is 2.34. The topological polar surface area (TPSA) is 59.3 Å². The Bertz CT molecular complexity index is 732. The van der Waals surface area contributed by atoms with Gasteiger partial charge in [0, 0.05) is 5.56 Å². The fourth-order valence-electron chi connectivity index (χ4n) is 2.40. The predicted octanol–water partition coefficient (Wildman–Crippen LogP) is 3.86. The first-order valence-electron chi connectivity index (χ1n) is 7.00. The number of aryl methyl sites for hydroxylation is 2. The molecule has 1 heterocycles. The maximum atomic E-state index is 12.2. The van der Waals surface area contributed by atoms with Gasteiger partial charge in [-0.15, -0.1) is 0 Å². The van der Waals surface area contributed by atoms with Crippen LogP contribution in [-0.2, 0) is 9.84 Å². The monoisotopic (exact) mass is 307 g/mol. The molecule has 5 heteroatoms. The van der Waals surface area contributed by atoms with Crippen LogP contribution in [0.3, 0.4) is 0 Å². The molecule has 114 valence electrons.